The van der Waals surface area contributed by atoms with Crippen LogP contribution in [-0.4, -0.2) is 4.57 Å². The van der Waals surface area contributed by atoms with E-state index in [4.69, 9.17) is 0 Å². The van der Waals surface area contributed by atoms with Crippen LogP contribution >= 0.6 is 0 Å². The second-order valence-corrected chi connectivity index (χ2v) is 17.5. The lowest BCUT2D eigenvalue weighted by atomic mass is 9.80. The Balaban J connectivity index is 1.25. The first-order chi connectivity index (χ1) is 27.0. The van der Waals surface area contributed by atoms with Crippen LogP contribution in [0.25, 0.3) is 70.9 Å². The maximum absolute atomic E-state index is 2.50. The molecule has 2 nitrogen and oxygen atoms in total. The van der Waals surface area contributed by atoms with E-state index in [1.165, 1.54) is 93.4 Å². The number of hydrogen-bond acceptors (Lipinski definition) is 1. The third kappa shape index (κ3) is 5.46. The zero-order chi connectivity index (χ0) is 38.3. The van der Waals surface area contributed by atoms with Crippen molar-refractivity contribution in [3.05, 3.63) is 181 Å². The van der Waals surface area contributed by atoms with Crippen LogP contribution in [0.2, 0.25) is 0 Å². The van der Waals surface area contributed by atoms with Gasteiger partial charge in [-0.15, -0.1) is 0 Å². The minimum Gasteiger partial charge on any atom is -0.310 e. The summed E-state index contributed by atoms with van der Waals surface area (Å²) in [6, 6.07) is 63.3. The molecule has 1 heterocycles. The van der Waals surface area contributed by atoms with Crippen LogP contribution in [-0.2, 0) is 10.8 Å². The van der Waals surface area contributed by atoms with Crippen molar-refractivity contribution < 1.29 is 0 Å². The number of aromatic nitrogens is 1. The second-order valence-electron chi connectivity index (χ2n) is 17.5. The van der Waals surface area contributed by atoms with Gasteiger partial charge in [0.1, 0.15) is 0 Å². The van der Waals surface area contributed by atoms with E-state index in [9.17, 15) is 0 Å². The van der Waals surface area contributed by atoms with Gasteiger partial charge in [0.05, 0.1) is 22.4 Å². The summed E-state index contributed by atoms with van der Waals surface area (Å²) in [5.74, 6) is 0. The summed E-state index contributed by atoms with van der Waals surface area (Å²) in [6.07, 6.45) is 0. The van der Waals surface area contributed by atoms with Gasteiger partial charge in [-0.25, -0.2) is 0 Å². The molecule has 0 radical (unpaired) electrons. The maximum atomic E-state index is 2.50. The lowest BCUT2D eigenvalue weighted by Gasteiger charge is -2.32. The SMILES string of the molecule is CC(C)(C)c1cc(N(c2ccc(-c3ccccc3)cc2)c2ccc3ccc4c(-n5c6ccccc6c6ccccc65)ccc5ccc2c3c54)cc(C(C)(C)C)c1. The molecule has 56 heavy (non-hydrogen) atoms. The standard InChI is InChI=1S/C54H46N2/c1-53(2,3)39-32-40(54(4,5)6)34-42(33-39)55(41-26-20-36(21-27-41)35-14-8-7-9-15-35)49-30-24-37-23-29-46-50(31-25-38-22-28-45(49)51(37)52(38)46)56-47-18-12-10-16-43(47)44-17-11-13-19-48(44)56/h7-34H,1-6H3. The van der Waals surface area contributed by atoms with Crippen molar-refractivity contribution in [2.75, 3.05) is 4.90 Å². The largest absolute Gasteiger partial charge is 0.310 e. The minimum atomic E-state index is -0.0231. The van der Waals surface area contributed by atoms with E-state index in [1.807, 2.05) is 0 Å². The molecule has 0 aliphatic heterocycles. The molecule has 0 atom stereocenters. The van der Waals surface area contributed by atoms with Crippen LogP contribution in [0.3, 0.4) is 0 Å². The Morgan fingerprint density at radius 1 is 0.393 bits per heavy atom. The van der Waals surface area contributed by atoms with Gasteiger partial charge in [-0.3, -0.25) is 0 Å². The van der Waals surface area contributed by atoms with Crippen molar-refractivity contribution in [1.29, 1.82) is 0 Å². The fraction of sp³-hybridized carbons (Fsp3) is 0.148. The van der Waals surface area contributed by atoms with Gasteiger partial charge >= 0.3 is 0 Å². The zero-order valence-corrected chi connectivity index (χ0v) is 33.1. The van der Waals surface area contributed by atoms with Crippen LogP contribution in [0, 0.1) is 0 Å². The molecule has 9 aromatic carbocycles. The highest BCUT2D eigenvalue weighted by Crippen LogP contribution is 2.47. The average molecular weight is 723 g/mol. The number of rotatable bonds is 5. The first-order valence-corrected chi connectivity index (χ1v) is 19.9. The third-order valence-corrected chi connectivity index (χ3v) is 11.8. The van der Waals surface area contributed by atoms with Crippen LogP contribution in [0.1, 0.15) is 52.7 Å². The normalized spacial score (nSPS) is 12.5. The van der Waals surface area contributed by atoms with Gasteiger partial charge in [0.15, 0.2) is 0 Å². The molecule has 0 amide bonds. The lowest BCUT2D eigenvalue weighted by Crippen LogP contribution is -2.19. The zero-order valence-electron chi connectivity index (χ0n) is 33.1. The molecule has 0 unspecified atom stereocenters. The fourth-order valence-electron chi connectivity index (χ4n) is 8.81. The molecule has 0 saturated heterocycles. The smallest absolute Gasteiger partial charge is 0.0541 e. The summed E-state index contributed by atoms with van der Waals surface area (Å²) in [6.45, 7) is 13.9. The second kappa shape index (κ2) is 12.6. The van der Waals surface area contributed by atoms with E-state index < -0.39 is 0 Å². The van der Waals surface area contributed by atoms with Gasteiger partial charge in [-0.05, 0) is 103 Å². The van der Waals surface area contributed by atoms with Crippen molar-refractivity contribution >= 4 is 71.2 Å². The van der Waals surface area contributed by atoms with Crippen LogP contribution in [0.4, 0.5) is 17.1 Å². The van der Waals surface area contributed by atoms with E-state index >= 15 is 0 Å². The summed E-state index contributed by atoms with van der Waals surface area (Å²) in [5, 5.41) is 10.2. The molecule has 10 rings (SSSR count). The van der Waals surface area contributed by atoms with Gasteiger partial charge in [-0.2, -0.15) is 0 Å². The predicted octanol–water partition coefficient (Wildman–Crippen LogP) is 15.4. The lowest BCUT2D eigenvalue weighted by molar-refractivity contribution is 0.569. The fourth-order valence-corrected chi connectivity index (χ4v) is 8.81. The number of hydrogen-bond donors (Lipinski definition) is 0. The van der Waals surface area contributed by atoms with E-state index in [1.54, 1.807) is 0 Å². The quantitative estimate of drug-likeness (QED) is 0.161. The van der Waals surface area contributed by atoms with Crippen LogP contribution in [0.15, 0.2) is 170 Å². The molecule has 1 aromatic heterocycles. The van der Waals surface area contributed by atoms with Crippen molar-refractivity contribution in [2.24, 2.45) is 0 Å². The van der Waals surface area contributed by atoms with Gasteiger partial charge < -0.3 is 9.47 Å². The highest BCUT2D eigenvalue weighted by Gasteiger charge is 2.25. The van der Waals surface area contributed by atoms with Crippen LogP contribution in [0.5, 0.6) is 0 Å². The molecule has 0 bridgehead atoms. The first kappa shape index (κ1) is 34.1. The van der Waals surface area contributed by atoms with E-state index in [0.717, 1.165) is 5.69 Å². The van der Waals surface area contributed by atoms with E-state index in [-0.39, 0.29) is 10.8 Å². The summed E-state index contributed by atoms with van der Waals surface area (Å²) in [7, 11) is 0. The Morgan fingerprint density at radius 3 is 1.50 bits per heavy atom. The van der Waals surface area contributed by atoms with Crippen molar-refractivity contribution in [2.45, 2.75) is 52.4 Å². The Labute approximate surface area is 329 Å². The molecular weight excluding hydrogens is 677 g/mol. The van der Waals surface area contributed by atoms with Gasteiger partial charge in [-0.1, -0.05) is 163 Å². The van der Waals surface area contributed by atoms with E-state index in [0.29, 0.717) is 0 Å². The predicted molar refractivity (Wildman–Crippen MR) is 242 cm³/mol. The van der Waals surface area contributed by atoms with Crippen LogP contribution < -0.4 is 4.90 Å². The Bertz CT molecular complexity index is 2990. The minimum absolute atomic E-state index is 0.0231. The van der Waals surface area contributed by atoms with Crippen molar-refractivity contribution in [3.63, 3.8) is 0 Å². The summed E-state index contributed by atoms with van der Waals surface area (Å²) >= 11 is 0. The van der Waals surface area contributed by atoms with E-state index in [2.05, 4.69) is 221 Å². The molecule has 2 heteroatoms. The molecule has 0 aliphatic carbocycles. The number of nitrogens with zero attached hydrogens (tertiary/aromatic N) is 2. The van der Waals surface area contributed by atoms with Crippen molar-refractivity contribution in [1.82, 2.24) is 4.57 Å². The number of benzene rings is 9. The molecule has 0 aliphatic rings. The monoisotopic (exact) mass is 722 g/mol. The molecule has 0 spiro atoms. The summed E-state index contributed by atoms with van der Waals surface area (Å²) in [4.78, 5) is 2.50. The first-order valence-electron chi connectivity index (χ1n) is 19.9. The highest BCUT2D eigenvalue weighted by atomic mass is 15.1. The Kier molecular flexibility index (Phi) is 7.67. The summed E-state index contributed by atoms with van der Waals surface area (Å²) in [5.41, 5.74) is 12.2. The maximum Gasteiger partial charge on any atom is 0.0541 e. The average Bonchev–Trinajstić information content (AvgIpc) is 3.54. The highest BCUT2D eigenvalue weighted by molar-refractivity contribution is 6.27. The van der Waals surface area contributed by atoms with Gasteiger partial charge in [0, 0.05) is 32.9 Å². The topological polar surface area (TPSA) is 8.17 Å². The molecule has 10 aromatic rings. The third-order valence-electron chi connectivity index (χ3n) is 11.8. The molecule has 272 valence electrons. The van der Waals surface area contributed by atoms with Gasteiger partial charge in [0.2, 0.25) is 0 Å². The number of fused-ring (bicyclic) bond motifs is 3. The molecule has 0 saturated carbocycles. The number of para-hydroxylation sites is 2. The molecule has 0 N–H and O–H groups in total. The molecule has 0 fully saturated rings. The Hall–Kier alpha value is -6.38. The Morgan fingerprint density at radius 2 is 0.893 bits per heavy atom. The van der Waals surface area contributed by atoms with Gasteiger partial charge in [0.25, 0.3) is 0 Å². The van der Waals surface area contributed by atoms with Crippen molar-refractivity contribution in [3.8, 4) is 16.8 Å². The molecular formula is C54H46N2. The number of anilines is 3. The summed E-state index contributed by atoms with van der Waals surface area (Å²) < 4.78 is 2.46.